The van der Waals surface area contributed by atoms with Crippen molar-refractivity contribution in [1.29, 1.82) is 0 Å². The zero-order valence-corrected chi connectivity index (χ0v) is 13.9. The van der Waals surface area contributed by atoms with Gasteiger partial charge in [0.15, 0.2) is 0 Å². The fraction of sp³-hybridized carbons (Fsp3) is 0.167. The fourth-order valence-electron chi connectivity index (χ4n) is 1.42. The second-order valence-electron chi connectivity index (χ2n) is 3.57. The first kappa shape index (κ1) is 12.7. The maximum absolute atomic E-state index is 3.64. The van der Waals surface area contributed by atoms with Crippen LogP contribution in [0.1, 0.15) is 11.1 Å². The minimum atomic E-state index is 1.18. The predicted molar refractivity (Wildman–Crippen MR) is 81.8 cm³/mol. The Labute approximate surface area is 116 Å². The molecule has 0 amide bonds. The summed E-state index contributed by atoms with van der Waals surface area (Å²) < 4.78 is 2.43. The van der Waals surface area contributed by atoms with E-state index in [2.05, 4.69) is 69.7 Å². The first-order chi connectivity index (χ1) is 7.59. The summed E-state index contributed by atoms with van der Waals surface area (Å²) in [6.07, 6.45) is 0. The van der Waals surface area contributed by atoms with Crippen LogP contribution in [0.5, 0.6) is 0 Å². The molecule has 0 saturated heterocycles. The van der Waals surface area contributed by atoms with E-state index >= 15 is 0 Å². The molecule has 16 heavy (non-hydrogen) atoms. The Balaban J connectivity index is 2.62. The Morgan fingerprint density at radius 3 is 2.56 bits per heavy atom. The van der Waals surface area contributed by atoms with Crippen molar-refractivity contribution in [2.24, 2.45) is 0 Å². The summed E-state index contributed by atoms with van der Waals surface area (Å²) in [6, 6.07) is 6.53. The third-order valence-corrected chi connectivity index (χ3v) is 6.83. The molecule has 2 heterocycles. The van der Waals surface area contributed by atoms with Crippen molar-refractivity contribution in [2.75, 3.05) is 0 Å². The molecule has 0 fully saturated rings. The van der Waals surface area contributed by atoms with Gasteiger partial charge in [-0.25, -0.2) is 0 Å². The second kappa shape index (κ2) is 5.27. The zero-order chi connectivity index (χ0) is 11.7. The highest BCUT2D eigenvalue weighted by atomic mass is 79.9. The normalized spacial score (nSPS) is 11.5. The molecule has 0 atom stereocenters. The Hall–Kier alpha value is 0.260. The zero-order valence-electron chi connectivity index (χ0n) is 8.96. The lowest BCUT2D eigenvalue weighted by atomic mass is 10.2. The van der Waals surface area contributed by atoms with E-state index in [0.717, 1.165) is 0 Å². The van der Waals surface area contributed by atoms with Crippen molar-refractivity contribution in [1.82, 2.24) is 0 Å². The number of rotatable bonds is 1. The molecule has 0 aromatic carbocycles. The summed E-state index contributed by atoms with van der Waals surface area (Å²) in [5.74, 6) is 2.19. The van der Waals surface area contributed by atoms with Crippen LogP contribution in [0.25, 0.3) is 10.6 Å². The molecule has 4 heteroatoms. The molecule has 0 N–H and O–H groups in total. The van der Waals surface area contributed by atoms with Gasteiger partial charge >= 0.3 is 0 Å². The predicted octanol–water partition coefficient (Wildman–Crippen LogP) is 6.66. The van der Waals surface area contributed by atoms with Crippen molar-refractivity contribution in [3.05, 3.63) is 43.8 Å². The fourth-order valence-corrected chi connectivity index (χ4v) is 5.33. The number of hydrogen-bond donors (Lipinski definition) is 0. The molecule has 0 unspecified atom stereocenters. The van der Waals surface area contributed by atoms with Gasteiger partial charge in [-0.2, -0.15) is 0 Å². The third kappa shape index (κ3) is 2.57. The van der Waals surface area contributed by atoms with Crippen LogP contribution >= 0.6 is 48.2 Å². The molecule has 0 saturated carbocycles. The standard InChI is InChI=1S/C12H10Br2P2/c1-7-4-3-5-15-11(7)10-6-9(13)8(2)12(14)16-10/h3-6H,1-2H3. The summed E-state index contributed by atoms with van der Waals surface area (Å²) in [5, 5.41) is 2.80. The summed E-state index contributed by atoms with van der Waals surface area (Å²) in [6.45, 7) is 4.30. The minimum absolute atomic E-state index is 1.18. The topological polar surface area (TPSA) is 0 Å². The van der Waals surface area contributed by atoms with Crippen LogP contribution in [0.3, 0.4) is 0 Å². The van der Waals surface area contributed by atoms with Crippen LogP contribution in [-0.4, -0.2) is 0 Å². The maximum Gasteiger partial charge on any atom is 0.0494 e. The molecule has 2 rings (SSSR count). The van der Waals surface area contributed by atoms with Gasteiger partial charge in [0.1, 0.15) is 0 Å². The average Bonchev–Trinajstić information content (AvgIpc) is 2.26. The third-order valence-electron chi connectivity index (χ3n) is 2.40. The van der Waals surface area contributed by atoms with E-state index in [1.165, 1.54) is 46.8 Å². The highest BCUT2D eigenvalue weighted by molar-refractivity contribution is 9.11. The van der Waals surface area contributed by atoms with Gasteiger partial charge in [0.2, 0.25) is 0 Å². The number of hydrogen-bond acceptors (Lipinski definition) is 0. The van der Waals surface area contributed by atoms with Gasteiger partial charge in [-0.1, -0.05) is 44.4 Å². The SMILES string of the molecule is Cc1cccpc1-c1cc(Br)c(C)c(Br)p1. The molecule has 0 nitrogen and oxygen atoms in total. The van der Waals surface area contributed by atoms with Crippen LogP contribution in [0.2, 0.25) is 0 Å². The Morgan fingerprint density at radius 1 is 1.19 bits per heavy atom. The molecule has 82 valence electrons. The molecule has 0 aliphatic rings. The Bertz CT molecular complexity index is 515. The van der Waals surface area contributed by atoms with Gasteiger partial charge in [0.05, 0.1) is 0 Å². The van der Waals surface area contributed by atoms with E-state index < -0.39 is 0 Å². The summed E-state index contributed by atoms with van der Waals surface area (Å²) in [5.41, 5.74) is 2.65. The van der Waals surface area contributed by atoms with Crippen LogP contribution in [0.15, 0.2) is 32.7 Å². The van der Waals surface area contributed by atoms with Crippen molar-refractivity contribution >= 4 is 48.2 Å². The summed E-state index contributed by atoms with van der Waals surface area (Å²) in [4.78, 5) is 0. The number of halogens is 2. The molecule has 0 spiro atoms. The molecule has 0 aliphatic heterocycles. The molecule has 2 aromatic heterocycles. The van der Waals surface area contributed by atoms with Gasteiger partial charge in [-0.05, 0) is 52.8 Å². The summed E-state index contributed by atoms with van der Waals surface area (Å²) >= 11 is 7.26. The first-order valence-corrected chi connectivity index (χ1v) is 8.28. The largest absolute Gasteiger partial charge is 0.0672 e. The average molecular weight is 376 g/mol. The van der Waals surface area contributed by atoms with Crippen LogP contribution in [-0.2, 0) is 0 Å². The van der Waals surface area contributed by atoms with Crippen LogP contribution < -0.4 is 0 Å². The van der Waals surface area contributed by atoms with E-state index in [1.54, 1.807) is 0 Å². The van der Waals surface area contributed by atoms with Crippen molar-refractivity contribution in [2.45, 2.75) is 13.8 Å². The van der Waals surface area contributed by atoms with E-state index in [0.29, 0.717) is 0 Å². The monoisotopic (exact) mass is 374 g/mol. The first-order valence-electron chi connectivity index (χ1n) is 4.84. The van der Waals surface area contributed by atoms with Crippen LogP contribution in [0, 0.1) is 13.8 Å². The smallest absolute Gasteiger partial charge is 0.0494 e. The Morgan fingerprint density at radius 2 is 1.94 bits per heavy atom. The van der Waals surface area contributed by atoms with Crippen molar-refractivity contribution < 1.29 is 0 Å². The molecular formula is C12H10Br2P2. The maximum atomic E-state index is 3.64. The van der Waals surface area contributed by atoms with E-state index in [-0.39, 0.29) is 0 Å². The van der Waals surface area contributed by atoms with Crippen molar-refractivity contribution in [3.8, 4) is 10.6 Å². The van der Waals surface area contributed by atoms with Gasteiger partial charge < -0.3 is 0 Å². The molecular weight excluding hydrogens is 366 g/mol. The molecule has 0 bridgehead atoms. The Kier molecular flexibility index (Phi) is 4.19. The summed E-state index contributed by atoms with van der Waals surface area (Å²) in [7, 11) is 2.56. The lowest BCUT2D eigenvalue weighted by Crippen LogP contribution is -1.79. The van der Waals surface area contributed by atoms with Gasteiger partial charge in [-0.15, -0.1) is 0 Å². The lowest BCUT2D eigenvalue weighted by molar-refractivity contribution is 1.45. The molecule has 2 aromatic rings. The molecule has 0 aliphatic carbocycles. The van der Waals surface area contributed by atoms with Gasteiger partial charge in [-0.3, -0.25) is 0 Å². The second-order valence-corrected chi connectivity index (χ2v) is 7.99. The molecule has 0 radical (unpaired) electrons. The highest BCUT2D eigenvalue weighted by Gasteiger charge is 2.07. The highest BCUT2D eigenvalue weighted by Crippen LogP contribution is 2.43. The number of aryl methyl sites for hydroxylation is 1. The van der Waals surface area contributed by atoms with E-state index in [1.807, 2.05) is 0 Å². The quantitative estimate of drug-likeness (QED) is 0.523. The van der Waals surface area contributed by atoms with Crippen LogP contribution in [0.4, 0.5) is 0 Å². The van der Waals surface area contributed by atoms with Gasteiger partial charge in [0.25, 0.3) is 0 Å². The van der Waals surface area contributed by atoms with E-state index in [4.69, 9.17) is 0 Å². The van der Waals surface area contributed by atoms with E-state index in [9.17, 15) is 0 Å². The minimum Gasteiger partial charge on any atom is -0.0672 e. The lowest BCUT2D eigenvalue weighted by Gasteiger charge is -2.08. The van der Waals surface area contributed by atoms with Gasteiger partial charge in [0, 0.05) is 19.3 Å². The van der Waals surface area contributed by atoms with Crippen molar-refractivity contribution in [3.63, 3.8) is 0 Å².